The Bertz CT molecular complexity index is 1290. The minimum Gasteiger partial charge on any atom is -0.383 e. The molecule has 0 aromatic heterocycles. The summed E-state index contributed by atoms with van der Waals surface area (Å²) in [6.45, 7) is 3.83. The van der Waals surface area contributed by atoms with Crippen LogP contribution in [0.15, 0.2) is 65.1 Å². The van der Waals surface area contributed by atoms with Gasteiger partial charge >= 0.3 is 0 Å². The van der Waals surface area contributed by atoms with Gasteiger partial charge in [0.2, 0.25) is 0 Å². The van der Waals surface area contributed by atoms with Crippen molar-refractivity contribution >= 4 is 34.9 Å². The van der Waals surface area contributed by atoms with Crippen LogP contribution in [0.25, 0.3) is 0 Å². The van der Waals surface area contributed by atoms with Crippen LogP contribution < -0.4 is 11.2 Å². The van der Waals surface area contributed by atoms with Crippen molar-refractivity contribution in [2.24, 2.45) is 11.1 Å². The molecule has 1 aliphatic heterocycles. The molecule has 1 aliphatic carbocycles. The van der Waals surface area contributed by atoms with Crippen LogP contribution >= 0.6 is 23.2 Å². The second-order valence-corrected chi connectivity index (χ2v) is 9.91. The number of hydrazine groups is 1. The van der Waals surface area contributed by atoms with Crippen molar-refractivity contribution in [3.05, 3.63) is 92.1 Å². The molecule has 2 aromatic carbocycles. The van der Waals surface area contributed by atoms with Gasteiger partial charge in [0.15, 0.2) is 5.78 Å². The predicted octanol–water partition coefficient (Wildman–Crippen LogP) is 5.21. The maximum atomic E-state index is 15.0. The van der Waals surface area contributed by atoms with E-state index < -0.39 is 23.1 Å². The van der Waals surface area contributed by atoms with Gasteiger partial charge in [-0.3, -0.25) is 15.0 Å². The minimum absolute atomic E-state index is 0.00732. The van der Waals surface area contributed by atoms with E-state index in [-0.39, 0.29) is 39.8 Å². The molecule has 2 aliphatic rings. The number of nitrogens with two attached hydrogens (primary N) is 1. The van der Waals surface area contributed by atoms with Crippen molar-refractivity contribution in [3.8, 4) is 6.07 Å². The van der Waals surface area contributed by atoms with Crippen LogP contribution in [0.4, 0.5) is 4.39 Å². The van der Waals surface area contributed by atoms with Crippen molar-refractivity contribution in [2.75, 3.05) is 0 Å². The van der Waals surface area contributed by atoms with Gasteiger partial charge in [0.25, 0.3) is 5.91 Å². The Labute approximate surface area is 206 Å². The molecular formula is C25H21Cl2FN4O2. The second kappa shape index (κ2) is 8.79. The first-order valence-electron chi connectivity index (χ1n) is 10.5. The third-order valence-corrected chi connectivity index (χ3v) is 6.57. The lowest BCUT2D eigenvalue weighted by atomic mass is 9.69. The Balaban J connectivity index is 1.90. The Hall–Kier alpha value is -3.34. The number of nitriles is 1. The zero-order valence-electron chi connectivity index (χ0n) is 18.5. The van der Waals surface area contributed by atoms with Crippen LogP contribution in [-0.2, 0) is 4.79 Å². The summed E-state index contributed by atoms with van der Waals surface area (Å²) in [5, 5.41) is 11.8. The first-order valence-corrected chi connectivity index (χ1v) is 11.3. The topological polar surface area (TPSA) is 99.2 Å². The van der Waals surface area contributed by atoms with Gasteiger partial charge in [-0.1, -0.05) is 43.1 Å². The zero-order valence-corrected chi connectivity index (χ0v) is 20.0. The molecule has 6 nitrogen and oxygen atoms in total. The lowest BCUT2D eigenvalue weighted by Crippen LogP contribution is -2.50. The van der Waals surface area contributed by atoms with Crippen molar-refractivity contribution in [3.63, 3.8) is 0 Å². The number of nitrogens with one attached hydrogen (secondary N) is 1. The third-order valence-electron chi connectivity index (χ3n) is 5.99. The molecule has 1 unspecified atom stereocenters. The fraction of sp³-hybridized carbons (Fsp3) is 0.240. The molecule has 0 spiro atoms. The van der Waals surface area contributed by atoms with E-state index in [4.69, 9.17) is 28.9 Å². The van der Waals surface area contributed by atoms with Gasteiger partial charge in [0.05, 0.1) is 23.3 Å². The molecule has 1 heterocycles. The van der Waals surface area contributed by atoms with E-state index in [2.05, 4.69) is 5.43 Å². The number of nitrogens with zero attached hydrogens (tertiary/aromatic N) is 2. The van der Waals surface area contributed by atoms with Gasteiger partial charge in [0, 0.05) is 33.2 Å². The Morgan fingerprint density at radius 1 is 1.21 bits per heavy atom. The molecule has 174 valence electrons. The highest BCUT2D eigenvalue weighted by Crippen LogP contribution is 2.50. The van der Waals surface area contributed by atoms with Gasteiger partial charge in [-0.05, 0) is 48.2 Å². The largest absolute Gasteiger partial charge is 0.383 e. The summed E-state index contributed by atoms with van der Waals surface area (Å²) in [6, 6.07) is 12.4. The lowest BCUT2D eigenvalue weighted by Gasteiger charge is -2.43. The Kier molecular flexibility index (Phi) is 6.15. The summed E-state index contributed by atoms with van der Waals surface area (Å²) < 4.78 is 15.0. The third kappa shape index (κ3) is 4.15. The van der Waals surface area contributed by atoms with E-state index in [1.165, 1.54) is 23.2 Å². The highest BCUT2D eigenvalue weighted by molar-refractivity contribution is 6.31. The normalized spacial score (nSPS) is 19.6. The average molecular weight is 499 g/mol. The molecule has 9 heteroatoms. The van der Waals surface area contributed by atoms with Gasteiger partial charge in [-0.15, -0.1) is 0 Å². The van der Waals surface area contributed by atoms with Crippen LogP contribution in [0.3, 0.4) is 0 Å². The van der Waals surface area contributed by atoms with Gasteiger partial charge in [0.1, 0.15) is 11.6 Å². The van der Waals surface area contributed by atoms with E-state index in [1.54, 1.807) is 24.3 Å². The monoisotopic (exact) mass is 498 g/mol. The lowest BCUT2D eigenvalue weighted by molar-refractivity contribution is -0.118. The molecular weight excluding hydrogens is 478 g/mol. The first kappa shape index (κ1) is 23.8. The van der Waals surface area contributed by atoms with Crippen molar-refractivity contribution in [1.82, 2.24) is 10.4 Å². The van der Waals surface area contributed by atoms with Crippen molar-refractivity contribution in [2.45, 2.75) is 32.6 Å². The molecule has 2 aromatic rings. The molecule has 0 bridgehead atoms. The molecule has 0 saturated carbocycles. The van der Waals surface area contributed by atoms with E-state index in [0.717, 1.165) is 0 Å². The van der Waals surface area contributed by atoms with Gasteiger partial charge < -0.3 is 5.73 Å². The smallest absolute Gasteiger partial charge is 0.270 e. The Morgan fingerprint density at radius 2 is 1.88 bits per heavy atom. The number of carbonyl (C=O) groups is 2. The molecule has 1 amide bonds. The highest BCUT2D eigenvalue weighted by Gasteiger charge is 2.46. The summed E-state index contributed by atoms with van der Waals surface area (Å²) in [6.07, 6.45) is 0.545. The molecule has 34 heavy (non-hydrogen) atoms. The maximum absolute atomic E-state index is 15.0. The number of benzene rings is 2. The van der Waals surface area contributed by atoms with E-state index in [0.29, 0.717) is 22.7 Å². The number of amides is 1. The molecule has 4 rings (SSSR count). The first-order chi connectivity index (χ1) is 16.0. The second-order valence-electron chi connectivity index (χ2n) is 9.06. The van der Waals surface area contributed by atoms with Crippen LogP contribution in [0, 0.1) is 22.6 Å². The minimum atomic E-state index is -1.08. The van der Waals surface area contributed by atoms with Crippen LogP contribution in [0.2, 0.25) is 10.0 Å². The fourth-order valence-corrected chi connectivity index (χ4v) is 4.88. The summed E-state index contributed by atoms with van der Waals surface area (Å²) in [7, 11) is 0. The number of hydrogen-bond donors (Lipinski definition) is 2. The van der Waals surface area contributed by atoms with Crippen LogP contribution in [0.1, 0.15) is 48.5 Å². The number of hydrogen-bond acceptors (Lipinski definition) is 5. The van der Waals surface area contributed by atoms with Gasteiger partial charge in [-0.2, -0.15) is 5.26 Å². The summed E-state index contributed by atoms with van der Waals surface area (Å²) in [5.41, 5.74) is 9.49. The van der Waals surface area contributed by atoms with Crippen molar-refractivity contribution < 1.29 is 14.0 Å². The standard InChI is InChI=1S/C25H21Cl2FN4O2/c1-25(2)10-18-22(19(33)11-25)20(21-16(27)4-3-5-17(21)28)15(12-29)23(30)32(18)31-24(34)13-6-8-14(26)9-7-13/h3-9,20H,10-11,30H2,1-2H3,(H,31,34). The maximum Gasteiger partial charge on any atom is 0.270 e. The average Bonchev–Trinajstić information content (AvgIpc) is 2.75. The number of Topliss-reactive ketones (excluding diaryl/α,β-unsaturated/α-hetero) is 1. The molecule has 0 radical (unpaired) electrons. The van der Waals surface area contributed by atoms with Crippen LogP contribution in [0.5, 0.6) is 0 Å². The van der Waals surface area contributed by atoms with E-state index >= 15 is 0 Å². The van der Waals surface area contributed by atoms with Crippen LogP contribution in [-0.4, -0.2) is 16.7 Å². The predicted molar refractivity (Wildman–Crippen MR) is 127 cm³/mol. The highest BCUT2D eigenvalue weighted by atomic mass is 35.5. The SMILES string of the molecule is CC1(C)CC(=O)C2=C(C1)N(NC(=O)c1ccc(Cl)cc1)C(N)=C(C#N)C2c1c(F)cccc1Cl. The number of carbonyl (C=O) groups excluding carboxylic acids is 2. The van der Waals surface area contributed by atoms with Gasteiger partial charge in [-0.25, -0.2) is 9.40 Å². The summed E-state index contributed by atoms with van der Waals surface area (Å²) in [5.74, 6) is -2.61. The number of ketones is 1. The van der Waals surface area contributed by atoms with E-state index in [1.807, 2.05) is 19.9 Å². The van der Waals surface area contributed by atoms with E-state index in [9.17, 15) is 19.2 Å². The molecule has 1 atom stereocenters. The van der Waals surface area contributed by atoms with Crippen molar-refractivity contribution in [1.29, 1.82) is 5.26 Å². The fourth-order valence-electron chi connectivity index (χ4n) is 4.48. The quantitative estimate of drug-likeness (QED) is 0.604. The number of allylic oxidation sites excluding steroid dienone is 3. The zero-order chi connectivity index (χ0) is 24.8. The Morgan fingerprint density at radius 3 is 2.50 bits per heavy atom. The summed E-state index contributed by atoms with van der Waals surface area (Å²) >= 11 is 12.3. The number of halogens is 3. The summed E-state index contributed by atoms with van der Waals surface area (Å²) in [4.78, 5) is 26.4. The molecule has 0 fully saturated rings. The number of rotatable bonds is 3. The molecule has 0 saturated heterocycles. The molecule has 3 N–H and O–H groups in total.